The SMILES string of the molecule is NC1c2nc(C3=CCCO3)cnc2SC1C(O)O. The number of rotatable bonds is 2. The van der Waals surface area contributed by atoms with Gasteiger partial charge in [0.1, 0.15) is 16.5 Å². The fourth-order valence-electron chi connectivity index (χ4n) is 2.02. The van der Waals surface area contributed by atoms with Gasteiger partial charge < -0.3 is 20.7 Å². The minimum Gasteiger partial charge on any atom is -0.491 e. The van der Waals surface area contributed by atoms with Crippen LogP contribution in [0.15, 0.2) is 17.3 Å². The molecule has 2 atom stereocenters. The minimum atomic E-state index is -1.48. The number of thioether (sulfide) groups is 1. The second kappa shape index (κ2) is 4.51. The maximum atomic E-state index is 9.24. The molecule has 7 heteroatoms. The Kier molecular flexibility index (Phi) is 2.98. The molecule has 2 aliphatic heterocycles. The predicted octanol–water partition coefficient (Wildman–Crippen LogP) is 0.0226. The summed E-state index contributed by atoms with van der Waals surface area (Å²) in [4.78, 5) is 8.69. The zero-order valence-corrected chi connectivity index (χ0v) is 10.3. The van der Waals surface area contributed by atoms with Gasteiger partial charge in [-0.05, 0) is 6.08 Å². The number of aliphatic hydroxyl groups excluding tert-OH is 1. The molecule has 0 radical (unpaired) electrons. The number of fused-ring (bicyclic) bond motifs is 1. The number of nitrogens with two attached hydrogens (primary N) is 1. The first-order valence-corrected chi connectivity index (χ1v) is 6.53. The van der Waals surface area contributed by atoms with E-state index < -0.39 is 17.6 Å². The van der Waals surface area contributed by atoms with Gasteiger partial charge in [-0.2, -0.15) is 0 Å². The number of ether oxygens (including phenoxy) is 1. The first-order chi connectivity index (χ1) is 8.66. The molecule has 1 aromatic heterocycles. The van der Waals surface area contributed by atoms with Crippen LogP contribution in [0, 0.1) is 0 Å². The summed E-state index contributed by atoms with van der Waals surface area (Å²) in [5.74, 6) is 0.718. The summed E-state index contributed by atoms with van der Waals surface area (Å²) in [5, 5.41) is 18.6. The van der Waals surface area contributed by atoms with E-state index in [-0.39, 0.29) is 0 Å². The Labute approximate surface area is 108 Å². The Bertz CT molecular complexity index is 506. The summed E-state index contributed by atoms with van der Waals surface area (Å²) in [6, 6.07) is -0.528. The van der Waals surface area contributed by atoms with Gasteiger partial charge in [0.25, 0.3) is 0 Å². The van der Waals surface area contributed by atoms with E-state index in [1.807, 2.05) is 6.08 Å². The third-order valence-corrected chi connectivity index (χ3v) is 4.28. The number of aromatic nitrogens is 2. The second-order valence-electron chi connectivity index (χ2n) is 4.17. The lowest BCUT2D eigenvalue weighted by atomic mass is 10.1. The van der Waals surface area contributed by atoms with Crippen molar-refractivity contribution in [2.45, 2.75) is 29.0 Å². The molecule has 4 N–H and O–H groups in total. The third-order valence-electron chi connectivity index (χ3n) is 2.93. The Hall–Kier alpha value is -1.15. The predicted molar refractivity (Wildman–Crippen MR) is 65.4 cm³/mol. The standard InChI is InChI=1S/C11H13N3O3S/c12-7-8-10(18-9(7)11(15)16)13-4-5(14-8)6-2-1-3-17-6/h2,4,7,9,11,15-16H,1,3,12H2. The van der Waals surface area contributed by atoms with Crippen molar-refractivity contribution in [2.24, 2.45) is 5.73 Å². The van der Waals surface area contributed by atoms with Crippen molar-refractivity contribution in [1.29, 1.82) is 0 Å². The van der Waals surface area contributed by atoms with Crippen molar-refractivity contribution < 1.29 is 14.9 Å². The molecular weight excluding hydrogens is 254 g/mol. The van der Waals surface area contributed by atoms with Gasteiger partial charge in [0.2, 0.25) is 0 Å². The van der Waals surface area contributed by atoms with Crippen LogP contribution in [0.3, 0.4) is 0 Å². The molecule has 0 amide bonds. The molecule has 3 heterocycles. The van der Waals surface area contributed by atoms with Crippen molar-refractivity contribution in [3.05, 3.63) is 23.7 Å². The van der Waals surface area contributed by atoms with E-state index >= 15 is 0 Å². The van der Waals surface area contributed by atoms with Crippen molar-refractivity contribution in [1.82, 2.24) is 9.97 Å². The number of aliphatic hydroxyl groups is 2. The normalized spacial score (nSPS) is 26.1. The third kappa shape index (κ3) is 1.89. The first kappa shape index (κ1) is 11.9. The topological polar surface area (TPSA) is 101 Å². The summed E-state index contributed by atoms with van der Waals surface area (Å²) in [6.45, 7) is 0.660. The highest BCUT2D eigenvalue weighted by Gasteiger charge is 2.37. The summed E-state index contributed by atoms with van der Waals surface area (Å²) in [7, 11) is 0. The molecule has 0 spiro atoms. The van der Waals surface area contributed by atoms with Gasteiger partial charge in [-0.25, -0.2) is 9.97 Å². The zero-order chi connectivity index (χ0) is 12.7. The van der Waals surface area contributed by atoms with E-state index in [0.717, 1.165) is 12.2 Å². The molecule has 0 aliphatic carbocycles. The smallest absolute Gasteiger partial charge is 0.165 e. The second-order valence-corrected chi connectivity index (χ2v) is 5.34. The van der Waals surface area contributed by atoms with Crippen LogP contribution >= 0.6 is 11.8 Å². The Morgan fingerprint density at radius 2 is 2.33 bits per heavy atom. The zero-order valence-electron chi connectivity index (χ0n) is 9.48. The van der Waals surface area contributed by atoms with Gasteiger partial charge in [0.15, 0.2) is 6.29 Å². The van der Waals surface area contributed by atoms with Gasteiger partial charge in [0.05, 0.1) is 29.8 Å². The van der Waals surface area contributed by atoms with E-state index in [2.05, 4.69) is 9.97 Å². The number of hydrogen-bond acceptors (Lipinski definition) is 7. The minimum absolute atomic E-state index is 0.520. The van der Waals surface area contributed by atoms with Crippen LogP contribution in [-0.2, 0) is 4.74 Å². The summed E-state index contributed by atoms with van der Waals surface area (Å²) in [5.41, 5.74) is 7.21. The summed E-state index contributed by atoms with van der Waals surface area (Å²) >= 11 is 1.24. The molecule has 18 heavy (non-hydrogen) atoms. The lowest BCUT2D eigenvalue weighted by Gasteiger charge is -2.15. The fraction of sp³-hybridized carbons (Fsp3) is 0.455. The van der Waals surface area contributed by atoms with Crippen LogP contribution in [0.5, 0.6) is 0 Å². The Balaban J connectivity index is 1.93. The van der Waals surface area contributed by atoms with Crippen molar-refractivity contribution in [2.75, 3.05) is 6.61 Å². The van der Waals surface area contributed by atoms with Crippen molar-refractivity contribution in [3.63, 3.8) is 0 Å². The molecule has 96 valence electrons. The van der Waals surface area contributed by atoms with Crippen molar-refractivity contribution in [3.8, 4) is 0 Å². The lowest BCUT2D eigenvalue weighted by molar-refractivity contribution is -0.0436. The van der Waals surface area contributed by atoms with Crippen LogP contribution in [-0.4, -0.2) is 38.3 Å². The molecule has 6 nitrogen and oxygen atoms in total. The molecule has 2 aliphatic rings. The largest absolute Gasteiger partial charge is 0.491 e. The quantitative estimate of drug-likeness (QED) is 0.649. The van der Waals surface area contributed by atoms with E-state index in [1.165, 1.54) is 11.8 Å². The maximum Gasteiger partial charge on any atom is 0.165 e. The molecular formula is C11H13N3O3S. The molecule has 3 rings (SSSR count). The highest BCUT2D eigenvalue weighted by molar-refractivity contribution is 8.00. The molecule has 1 aromatic rings. The average Bonchev–Trinajstić information content (AvgIpc) is 2.97. The summed E-state index contributed by atoms with van der Waals surface area (Å²) in [6.07, 6.45) is 2.98. The highest BCUT2D eigenvalue weighted by Crippen LogP contribution is 2.42. The molecule has 0 fully saturated rings. The highest BCUT2D eigenvalue weighted by atomic mass is 32.2. The average molecular weight is 267 g/mol. The molecule has 0 saturated carbocycles. The molecule has 0 aromatic carbocycles. The number of nitrogens with zero attached hydrogens (tertiary/aromatic N) is 2. The van der Waals surface area contributed by atoms with E-state index in [0.29, 0.717) is 23.0 Å². The van der Waals surface area contributed by atoms with Crippen LogP contribution in [0.1, 0.15) is 23.9 Å². The van der Waals surface area contributed by atoms with Crippen LogP contribution in [0.25, 0.3) is 5.76 Å². The monoisotopic (exact) mass is 267 g/mol. The Morgan fingerprint density at radius 3 is 3.00 bits per heavy atom. The van der Waals surface area contributed by atoms with Crippen LogP contribution in [0.2, 0.25) is 0 Å². The summed E-state index contributed by atoms with van der Waals surface area (Å²) < 4.78 is 5.42. The van der Waals surface area contributed by atoms with Gasteiger partial charge in [-0.3, -0.25) is 0 Å². The van der Waals surface area contributed by atoms with E-state index in [9.17, 15) is 10.2 Å². The first-order valence-electron chi connectivity index (χ1n) is 5.65. The number of hydrogen-bond donors (Lipinski definition) is 3. The van der Waals surface area contributed by atoms with Gasteiger partial charge in [-0.1, -0.05) is 11.8 Å². The Morgan fingerprint density at radius 1 is 1.50 bits per heavy atom. The fourth-order valence-corrected chi connectivity index (χ4v) is 3.09. The van der Waals surface area contributed by atoms with E-state index in [4.69, 9.17) is 10.5 Å². The maximum absolute atomic E-state index is 9.24. The van der Waals surface area contributed by atoms with Gasteiger partial charge in [0, 0.05) is 6.42 Å². The van der Waals surface area contributed by atoms with E-state index in [1.54, 1.807) is 6.20 Å². The van der Waals surface area contributed by atoms with Crippen molar-refractivity contribution >= 4 is 17.5 Å². The molecule has 0 bridgehead atoms. The van der Waals surface area contributed by atoms with Crippen LogP contribution in [0.4, 0.5) is 0 Å². The molecule has 2 unspecified atom stereocenters. The van der Waals surface area contributed by atoms with Crippen LogP contribution < -0.4 is 5.73 Å². The lowest BCUT2D eigenvalue weighted by Crippen LogP contribution is -2.31. The van der Waals surface area contributed by atoms with Gasteiger partial charge >= 0.3 is 0 Å². The van der Waals surface area contributed by atoms with Gasteiger partial charge in [-0.15, -0.1) is 0 Å². The molecule has 0 saturated heterocycles.